The molecule has 8 heteroatoms. The van der Waals surface area contributed by atoms with Crippen LogP contribution in [0.15, 0.2) is 17.0 Å². The Hall–Kier alpha value is -0.860. The highest BCUT2D eigenvalue weighted by molar-refractivity contribution is 7.89. The topological polar surface area (TPSA) is 90.6 Å². The lowest BCUT2D eigenvalue weighted by molar-refractivity contribution is 0.0736. The number of anilines is 1. The fraction of sp³-hybridized carbons (Fsp3) is 0.500. The molecule has 1 aromatic carbocycles. The maximum Gasteiger partial charge on any atom is 0.240 e. The van der Waals surface area contributed by atoms with Crippen LogP contribution in [0.3, 0.4) is 0 Å². The van der Waals surface area contributed by atoms with Gasteiger partial charge in [-0.25, -0.2) is 13.1 Å². The first-order valence-electron chi connectivity index (χ1n) is 6.00. The zero-order chi connectivity index (χ0) is 15.2. The summed E-state index contributed by atoms with van der Waals surface area (Å²) in [5.74, 6) is 0. The van der Waals surface area contributed by atoms with Gasteiger partial charge in [-0.15, -0.1) is 0 Å². The number of benzene rings is 1. The van der Waals surface area contributed by atoms with Crippen LogP contribution in [0.5, 0.6) is 0 Å². The number of sulfonamides is 1. The Morgan fingerprint density at radius 1 is 1.30 bits per heavy atom. The Morgan fingerprint density at radius 3 is 2.60 bits per heavy atom. The van der Waals surface area contributed by atoms with Gasteiger partial charge in [0.2, 0.25) is 10.0 Å². The molecule has 0 aliphatic carbocycles. The molecule has 0 saturated carbocycles. The summed E-state index contributed by atoms with van der Waals surface area (Å²) in [6.07, 6.45) is 0. The quantitative estimate of drug-likeness (QED) is 0.554. The van der Waals surface area contributed by atoms with E-state index in [1.165, 1.54) is 12.1 Å². The molecule has 20 heavy (non-hydrogen) atoms. The molecule has 6 nitrogen and oxygen atoms in total. The minimum atomic E-state index is -3.64. The van der Waals surface area contributed by atoms with Crippen molar-refractivity contribution < 1.29 is 17.9 Å². The minimum absolute atomic E-state index is 0.0440. The molecule has 0 saturated heterocycles. The molecular weight excluding hydrogens is 304 g/mol. The standard InChI is InChI=1S/C12H19ClN2O4S/c1-9-11(13)7-10(8-12(9)14)20(16,17)15-3-4-19-6-5-18-2/h7-8,15H,3-6,14H2,1-2H3. The molecule has 0 atom stereocenters. The van der Waals surface area contributed by atoms with Crippen molar-refractivity contribution in [3.05, 3.63) is 22.7 Å². The van der Waals surface area contributed by atoms with Crippen LogP contribution in [0.25, 0.3) is 0 Å². The summed E-state index contributed by atoms with van der Waals surface area (Å²) in [5.41, 5.74) is 6.72. The maximum absolute atomic E-state index is 12.0. The largest absolute Gasteiger partial charge is 0.398 e. The molecule has 0 amide bonds. The molecular formula is C12H19ClN2O4S. The normalized spacial score (nSPS) is 11.8. The van der Waals surface area contributed by atoms with Gasteiger partial charge in [0.25, 0.3) is 0 Å². The molecule has 0 unspecified atom stereocenters. The van der Waals surface area contributed by atoms with Gasteiger partial charge in [-0.2, -0.15) is 0 Å². The molecule has 0 bridgehead atoms. The van der Waals surface area contributed by atoms with Gasteiger partial charge in [0.15, 0.2) is 0 Å². The molecule has 0 spiro atoms. The van der Waals surface area contributed by atoms with E-state index in [4.69, 9.17) is 26.8 Å². The second kappa shape index (κ2) is 7.80. The van der Waals surface area contributed by atoms with Gasteiger partial charge in [0.05, 0.1) is 24.7 Å². The van der Waals surface area contributed by atoms with E-state index in [2.05, 4.69) is 4.72 Å². The van der Waals surface area contributed by atoms with Crippen molar-refractivity contribution in [3.8, 4) is 0 Å². The van der Waals surface area contributed by atoms with Gasteiger partial charge >= 0.3 is 0 Å². The Kier molecular flexibility index (Phi) is 6.70. The van der Waals surface area contributed by atoms with E-state index in [0.717, 1.165) is 0 Å². The fourth-order valence-corrected chi connectivity index (χ4v) is 2.77. The first-order chi connectivity index (χ1) is 9.38. The number of halogens is 1. The van der Waals surface area contributed by atoms with Crippen LogP contribution in [0.4, 0.5) is 5.69 Å². The summed E-state index contributed by atoms with van der Waals surface area (Å²) < 4.78 is 36.5. The molecule has 0 aromatic heterocycles. The van der Waals surface area contributed by atoms with E-state index in [0.29, 0.717) is 29.5 Å². The van der Waals surface area contributed by atoms with Crippen LogP contribution in [-0.2, 0) is 19.5 Å². The highest BCUT2D eigenvalue weighted by Gasteiger charge is 2.16. The van der Waals surface area contributed by atoms with Gasteiger partial charge in [0.1, 0.15) is 0 Å². The number of hydrogen-bond acceptors (Lipinski definition) is 5. The zero-order valence-electron chi connectivity index (χ0n) is 11.5. The first-order valence-corrected chi connectivity index (χ1v) is 7.86. The monoisotopic (exact) mass is 322 g/mol. The number of hydrogen-bond donors (Lipinski definition) is 2. The van der Waals surface area contributed by atoms with Crippen molar-refractivity contribution in [2.75, 3.05) is 39.2 Å². The van der Waals surface area contributed by atoms with Crippen molar-refractivity contribution in [2.24, 2.45) is 0 Å². The summed E-state index contributed by atoms with van der Waals surface area (Å²) in [6.45, 7) is 3.04. The Morgan fingerprint density at radius 2 is 2.00 bits per heavy atom. The molecule has 3 N–H and O–H groups in total. The van der Waals surface area contributed by atoms with Crippen LogP contribution < -0.4 is 10.5 Å². The highest BCUT2D eigenvalue weighted by Crippen LogP contribution is 2.25. The van der Waals surface area contributed by atoms with E-state index >= 15 is 0 Å². The molecule has 1 aromatic rings. The van der Waals surface area contributed by atoms with Crippen molar-refractivity contribution in [1.29, 1.82) is 0 Å². The summed E-state index contributed by atoms with van der Waals surface area (Å²) in [4.78, 5) is 0.0440. The van der Waals surface area contributed by atoms with Gasteiger partial charge in [-0.3, -0.25) is 0 Å². The zero-order valence-corrected chi connectivity index (χ0v) is 13.1. The highest BCUT2D eigenvalue weighted by atomic mass is 35.5. The summed E-state index contributed by atoms with van der Waals surface area (Å²) in [6, 6.07) is 2.76. The third-order valence-corrected chi connectivity index (χ3v) is 4.47. The number of nitrogen functional groups attached to an aromatic ring is 1. The number of ether oxygens (including phenoxy) is 2. The van der Waals surface area contributed by atoms with E-state index in [-0.39, 0.29) is 18.0 Å². The van der Waals surface area contributed by atoms with Crippen LogP contribution in [-0.4, -0.2) is 41.9 Å². The van der Waals surface area contributed by atoms with E-state index < -0.39 is 10.0 Å². The van der Waals surface area contributed by atoms with Gasteiger partial charge in [-0.05, 0) is 24.6 Å². The van der Waals surface area contributed by atoms with Crippen molar-refractivity contribution in [2.45, 2.75) is 11.8 Å². The average Bonchev–Trinajstić information content (AvgIpc) is 2.39. The maximum atomic E-state index is 12.0. The Bertz CT molecular complexity index is 525. The number of methoxy groups -OCH3 is 1. The SMILES string of the molecule is COCCOCCNS(=O)(=O)c1cc(N)c(C)c(Cl)c1. The van der Waals surface area contributed by atoms with Crippen LogP contribution in [0.2, 0.25) is 5.02 Å². The van der Waals surface area contributed by atoms with Crippen LogP contribution in [0, 0.1) is 6.92 Å². The predicted molar refractivity (Wildman–Crippen MR) is 78.5 cm³/mol. The molecule has 0 aliphatic rings. The lowest BCUT2D eigenvalue weighted by atomic mass is 10.2. The Labute approximate surface area is 124 Å². The van der Waals surface area contributed by atoms with Crippen molar-refractivity contribution in [1.82, 2.24) is 4.72 Å². The lowest BCUT2D eigenvalue weighted by Crippen LogP contribution is -2.28. The van der Waals surface area contributed by atoms with Gasteiger partial charge in [-0.1, -0.05) is 11.6 Å². The summed E-state index contributed by atoms with van der Waals surface area (Å²) >= 11 is 5.93. The molecule has 0 heterocycles. The smallest absolute Gasteiger partial charge is 0.240 e. The summed E-state index contributed by atoms with van der Waals surface area (Å²) in [7, 11) is -2.07. The van der Waals surface area contributed by atoms with E-state index in [1.54, 1.807) is 14.0 Å². The molecule has 0 fully saturated rings. The molecule has 0 aliphatic heterocycles. The molecule has 114 valence electrons. The van der Waals surface area contributed by atoms with Gasteiger partial charge < -0.3 is 15.2 Å². The van der Waals surface area contributed by atoms with E-state index in [9.17, 15) is 8.42 Å². The number of nitrogens with two attached hydrogens (primary N) is 1. The average molecular weight is 323 g/mol. The number of rotatable bonds is 8. The van der Waals surface area contributed by atoms with Crippen LogP contribution >= 0.6 is 11.6 Å². The fourth-order valence-electron chi connectivity index (χ4n) is 1.41. The van der Waals surface area contributed by atoms with Crippen LogP contribution in [0.1, 0.15) is 5.56 Å². The molecule has 0 radical (unpaired) electrons. The van der Waals surface area contributed by atoms with Crippen molar-refractivity contribution >= 4 is 27.3 Å². The minimum Gasteiger partial charge on any atom is -0.398 e. The first kappa shape index (κ1) is 17.2. The predicted octanol–water partition coefficient (Wildman–Crippen LogP) is 1.17. The summed E-state index contributed by atoms with van der Waals surface area (Å²) in [5, 5.41) is 0.321. The Balaban J connectivity index is 2.61. The third kappa shape index (κ3) is 4.92. The second-order valence-electron chi connectivity index (χ2n) is 4.12. The second-order valence-corrected chi connectivity index (χ2v) is 6.30. The third-order valence-electron chi connectivity index (χ3n) is 2.64. The van der Waals surface area contributed by atoms with Gasteiger partial charge in [0, 0.05) is 24.4 Å². The molecule has 1 rings (SSSR count). The van der Waals surface area contributed by atoms with E-state index in [1.807, 2.05) is 0 Å². The van der Waals surface area contributed by atoms with Crippen molar-refractivity contribution in [3.63, 3.8) is 0 Å². The lowest BCUT2D eigenvalue weighted by Gasteiger charge is -2.10. The number of nitrogens with one attached hydrogen (secondary N) is 1.